The van der Waals surface area contributed by atoms with E-state index in [2.05, 4.69) is 65.5 Å². The van der Waals surface area contributed by atoms with Gasteiger partial charge in [0.05, 0.1) is 6.54 Å². The smallest absolute Gasteiger partial charge is 0.242 e. The van der Waals surface area contributed by atoms with Crippen LogP contribution in [0, 0.1) is 0 Å². The number of amides is 2. The van der Waals surface area contributed by atoms with Gasteiger partial charge in [-0.05, 0) is 56.6 Å². The Morgan fingerprint density at radius 1 is 1.03 bits per heavy atom. The van der Waals surface area contributed by atoms with Gasteiger partial charge in [-0.25, -0.2) is 0 Å². The fourth-order valence-electron chi connectivity index (χ4n) is 3.87. The lowest BCUT2D eigenvalue weighted by Gasteiger charge is -2.21. The van der Waals surface area contributed by atoms with Crippen LogP contribution in [0.2, 0.25) is 0 Å². The van der Waals surface area contributed by atoms with E-state index in [1.807, 2.05) is 6.92 Å². The van der Waals surface area contributed by atoms with E-state index >= 15 is 0 Å². The second-order valence-corrected chi connectivity index (χ2v) is 8.38. The van der Waals surface area contributed by atoms with E-state index in [0.717, 1.165) is 44.2 Å². The van der Waals surface area contributed by atoms with E-state index < -0.39 is 6.04 Å². The lowest BCUT2D eigenvalue weighted by atomic mass is 9.97. The highest BCUT2D eigenvalue weighted by atomic mass is 16.2. The van der Waals surface area contributed by atoms with Crippen LogP contribution in [0.3, 0.4) is 0 Å². The average Bonchev–Trinajstić information content (AvgIpc) is 2.76. The van der Waals surface area contributed by atoms with Gasteiger partial charge in [-0.1, -0.05) is 50.6 Å². The summed E-state index contributed by atoms with van der Waals surface area (Å²) in [6, 6.07) is 8.49. The number of rotatable bonds is 3. The summed E-state index contributed by atoms with van der Waals surface area (Å²) in [5, 5.41) is 12.7. The van der Waals surface area contributed by atoms with Crippen molar-refractivity contribution in [2.24, 2.45) is 0 Å². The van der Waals surface area contributed by atoms with Gasteiger partial charge in [-0.15, -0.1) is 0 Å². The molecule has 1 aromatic rings. The zero-order valence-electron chi connectivity index (χ0n) is 19.4. The van der Waals surface area contributed by atoms with Crippen LogP contribution in [-0.4, -0.2) is 43.5 Å². The number of carbonyl (C=O) groups excluding carboxylic acids is 2. The number of hydrogen-bond donors (Lipinski definition) is 4. The molecule has 1 heterocycles. The first-order chi connectivity index (χ1) is 15.0. The highest BCUT2D eigenvalue weighted by Crippen LogP contribution is 2.14. The molecular formula is C25H40N4O2. The molecule has 0 fully saturated rings. The largest absolute Gasteiger partial charge is 0.379 e. The molecule has 0 saturated heterocycles. The van der Waals surface area contributed by atoms with Crippen LogP contribution in [-0.2, 0) is 22.4 Å². The maximum Gasteiger partial charge on any atom is 0.242 e. The Bertz CT molecular complexity index is 732. The van der Waals surface area contributed by atoms with Crippen LogP contribution in [0.1, 0.15) is 64.0 Å². The van der Waals surface area contributed by atoms with E-state index in [0.29, 0.717) is 25.6 Å². The summed E-state index contributed by atoms with van der Waals surface area (Å²) >= 11 is 0. The minimum Gasteiger partial charge on any atom is -0.379 e. The van der Waals surface area contributed by atoms with Gasteiger partial charge in [-0.3, -0.25) is 9.59 Å². The number of benzene rings is 1. The zero-order chi connectivity index (χ0) is 22.5. The normalized spacial score (nSPS) is 23.6. The van der Waals surface area contributed by atoms with Crippen molar-refractivity contribution in [1.82, 2.24) is 21.3 Å². The maximum atomic E-state index is 12.6. The quantitative estimate of drug-likeness (QED) is 0.597. The van der Waals surface area contributed by atoms with Crippen molar-refractivity contribution in [1.29, 1.82) is 0 Å². The van der Waals surface area contributed by atoms with Crippen LogP contribution in [0.4, 0.5) is 0 Å². The van der Waals surface area contributed by atoms with Gasteiger partial charge >= 0.3 is 0 Å². The van der Waals surface area contributed by atoms with Gasteiger partial charge in [0.15, 0.2) is 0 Å². The van der Waals surface area contributed by atoms with Crippen molar-refractivity contribution in [2.45, 2.75) is 77.8 Å². The summed E-state index contributed by atoms with van der Waals surface area (Å²) in [4.78, 5) is 25.1. The van der Waals surface area contributed by atoms with Crippen LogP contribution >= 0.6 is 0 Å². The van der Waals surface area contributed by atoms with Gasteiger partial charge in [0.1, 0.15) is 6.04 Å². The second kappa shape index (κ2) is 13.9. The van der Waals surface area contributed by atoms with Gasteiger partial charge in [0.25, 0.3) is 0 Å². The topological polar surface area (TPSA) is 82.3 Å². The Morgan fingerprint density at radius 3 is 2.48 bits per heavy atom. The maximum absolute atomic E-state index is 12.6. The molecule has 1 aliphatic rings. The number of carbonyl (C=O) groups is 2. The van der Waals surface area contributed by atoms with Crippen molar-refractivity contribution in [2.75, 3.05) is 19.6 Å². The molecule has 0 spiro atoms. The summed E-state index contributed by atoms with van der Waals surface area (Å²) < 4.78 is 0. The molecule has 172 valence electrons. The molecule has 0 saturated carbocycles. The minimum absolute atomic E-state index is 0.0931. The van der Waals surface area contributed by atoms with E-state index in [9.17, 15) is 9.59 Å². The van der Waals surface area contributed by atoms with Gasteiger partial charge < -0.3 is 21.3 Å². The monoisotopic (exact) mass is 428 g/mol. The number of nitrogens with one attached hydrogen (secondary N) is 4. The van der Waals surface area contributed by atoms with Gasteiger partial charge in [-0.2, -0.15) is 0 Å². The SMILES string of the molecule is CC/C=C1\CN[C@@H](C)CCc2ccccc2CCCNC(=O)C(CCC)NC(=O)CN1. The zero-order valence-corrected chi connectivity index (χ0v) is 19.4. The van der Waals surface area contributed by atoms with Crippen LogP contribution < -0.4 is 21.3 Å². The molecule has 2 atom stereocenters. The molecule has 0 aliphatic carbocycles. The first kappa shape index (κ1) is 24.9. The molecule has 31 heavy (non-hydrogen) atoms. The molecule has 6 heteroatoms. The number of fused-ring (bicyclic) bond motifs is 1. The molecule has 1 unspecified atom stereocenters. The fraction of sp³-hybridized carbons (Fsp3) is 0.600. The molecule has 0 radical (unpaired) electrons. The lowest BCUT2D eigenvalue weighted by Crippen LogP contribution is -2.49. The molecule has 0 aromatic heterocycles. The van der Waals surface area contributed by atoms with Crippen molar-refractivity contribution < 1.29 is 9.59 Å². The molecule has 1 aliphatic heterocycles. The minimum atomic E-state index is -0.484. The van der Waals surface area contributed by atoms with Crippen molar-refractivity contribution in [3.05, 3.63) is 47.2 Å². The lowest BCUT2D eigenvalue weighted by molar-refractivity contribution is -0.128. The fourth-order valence-corrected chi connectivity index (χ4v) is 3.87. The molecular weight excluding hydrogens is 388 g/mol. The van der Waals surface area contributed by atoms with Crippen LogP contribution in [0.25, 0.3) is 0 Å². The Labute approximate surface area is 187 Å². The van der Waals surface area contributed by atoms with E-state index in [-0.39, 0.29) is 18.4 Å². The van der Waals surface area contributed by atoms with E-state index in [4.69, 9.17) is 0 Å². The molecule has 6 nitrogen and oxygen atoms in total. The first-order valence-corrected chi connectivity index (χ1v) is 11.8. The molecule has 2 rings (SSSR count). The number of hydrogen-bond acceptors (Lipinski definition) is 4. The summed E-state index contributed by atoms with van der Waals surface area (Å²) in [6.07, 6.45) is 8.38. The summed E-state index contributed by atoms with van der Waals surface area (Å²) in [5.74, 6) is -0.247. The third-order valence-corrected chi connectivity index (χ3v) is 5.68. The third-order valence-electron chi connectivity index (χ3n) is 5.68. The molecule has 1 aromatic carbocycles. The second-order valence-electron chi connectivity index (χ2n) is 8.38. The van der Waals surface area contributed by atoms with Crippen LogP contribution in [0.15, 0.2) is 36.0 Å². The molecule has 4 N–H and O–H groups in total. The Hall–Kier alpha value is -2.34. The van der Waals surface area contributed by atoms with Crippen molar-refractivity contribution in [3.8, 4) is 0 Å². The summed E-state index contributed by atoms with van der Waals surface area (Å²) in [7, 11) is 0. The Morgan fingerprint density at radius 2 is 1.77 bits per heavy atom. The first-order valence-electron chi connectivity index (χ1n) is 11.8. The highest BCUT2D eigenvalue weighted by molar-refractivity contribution is 5.88. The Kier molecular flexibility index (Phi) is 11.1. The van der Waals surface area contributed by atoms with Crippen LogP contribution in [0.5, 0.6) is 0 Å². The number of aryl methyl sites for hydroxylation is 2. The van der Waals surface area contributed by atoms with Gasteiger partial charge in [0.2, 0.25) is 11.8 Å². The Balaban J connectivity index is 2.12. The number of allylic oxidation sites excluding steroid dienone is 1. The summed E-state index contributed by atoms with van der Waals surface area (Å²) in [5.41, 5.74) is 3.77. The van der Waals surface area contributed by atoms with E-state index in [1.54, 1.807) is 0 Å². The van der Waals surface area contributed by atoms with E-state index in [1.165, 1.54) is 11.1 Å². The van der Waals surface area contributed by atoms with Gasteiger partial charge in [0, 0.05) is 24.8 Å². The molecule has 0 bridgehead atoms. The predicted molar refractivity (Wildman–Crippen MR) is 127 cm³/mol. The highest BCUT2D eigenvalue weighted by Gasteiger charge is 2.19. The summed E-state index contributed by atoms with van der Waals surface area (Å²) in [6.45, 7) is 7.80. The predicted octanol–water partition coefficient (Wildman–Crippen LogP) is 2.83. The third kappa shape index (κ3) is 9.13. The van der Waals surface area contributed by atoms with Crippen molar-refractivity contribution >= 4 is 11.8 Å². The van der Waals surface area contributed by atoms with Crippen molar-refractivity contribution in [3.63, 3.8) is 0 Å². The average molecular weight is 429 g/mol. The standard InChI is InChI=1S/C25H40N4O2/c1-4-9-22-17-27-19(3)14-15-21-12-7-6-11-20(21)13-8-16-26-25(31)23(10-5-2)29-24(30)18-28-22/h6-7,9,11-12,19,23,27-28H,4-5,8,10,13-18H2,1-3H3,(H,26,31)(H,29,30)/b22-9+/t19-,23?/m0/s1. The molecule has 2 amide bonds.